The molecule has 2 aromatic carbocycles. The molecule has 0 saturated carbocycles. The molecule has 6 heteroatoms. The molecule has 2 rings (SSSR count). The smallest absolute Gasteiger partial charge is 0.335 e. The summed E-state index contributed by atoms with van der Waals surface area (Å²) >= 11 is 3.54. The molecule has 0 bridgehead atoms. The van der Waals surface area contributed by atoms with Crippen LogP contribution in [-0.2, 0) is 11.2 Å². The van der Waals surface area contributed by atoms with E-state index in [0.717, 1.165) is 6.29 Å². The topological polar surface area (TPSA) is 91.7 Å². The molecule has 0 fully saturated rings. The predicted octanol–water partition coefficient (Wildman–Crippen LogP) is 3.76. The number of carbonyl (C=O) groups is 3. The number of aldehydes is 1. The first-order valence-corrected chi connectivity index (χ1v) is 8.58. The summed E-state index contributed by atoms with van der Waals surface area (Å²) in [5.74, 6) is -2.46. The van der Waals surface area contributed by atoms with Gasteiger partial charge in [0.2, 0.25) is 0 Å². The SMILES string of the molecule is O=CC[C@@H](c1ccccc1C(=O)O)[C@H](Br)Cc1ccccc1C(=O)O. The molecule has 0 aromatic heterocycles. The molecular weight excluding hydrogens is 388 g/mol. The van der Waals surface area contributed by atoms with E-state index < -0.39 is 11.9 Å². The molecule has 2 aromatic rings. The Labute approximate surface area is 153 Å². The van der Waals surface area contributed by atoms with Crippen molar-refractivity contribution in [2.45, 2.75) is 23.6 Å². The van der Waals surface area contributed by atoms with Gasteiger partial charge >= 0.3 is 11.9 Å². The Kier molecular flexibility index (Phi) is 6.47. The van der Waals surface area contributed by atoms with Crippen molar-refractivity contribution in [1.82, 2.24) is 0 Å². The summed E-state index contributed by atoms with van der Waals surface area (Å²) in [7, 11) is 0. The Hall–Kier alpha value is -2.47. The first kappa shape index (κ1) is 18.9. The molecule has 0 aliphatic rings. The lowest BCUT2D eigenvalue weighted by Crippen LogP contribution is -2.20. The van der Waals surface area contributed by atoms with Crippen molar-refractivity contribution in [3.63, 3.8) is 0 Å². The van der Waals surface area contributed by atoms with Crippen LogP contribution in [0, 0.1) is 0 Å². The molecule has 0 aliphatic heterocycles. The van der Waals surface area contributed by atoms with Gasteiger partial charge in [-0.15, -0.1) is 0 Å². The minimum absolute atomic E-state index is 0.134. The van der Waals surface area contributed by atoms with Crippen molar-refractivity contribution in [2.75, 3.05) is 0 Å². The minimum Gasteiger partial charge on any atom is -0.478 e. The van der Waals surface area contributed by atoms with Crippen molar-refractivity contribution in [2.24, 2.45) is 0 Å². The molecular formula is C19H17BrO5. The minimum atomic E-state index is -1.06. The van der Waals surface area contributed by atoms with Crippen LogP contribution in [0.15, 0.2) is 48.5 Å². The van der Waals surface area contributed by atoms with Crippen molar-refractivity contribution in [3.05, 3.63) is 70.8 Å². The molecule has 0 spiro atoms. The Bertz CT molecular complexity index is 787. The molecule has 2 atom stereocenters. The number of carboxylic acid groups (broad SMARTS) is 2. The van der Waals surface area contributed by atoms with Crippen molar-refractivity contribution >= 4 is 34.2 Å². The average Bonchev–Trinajstić information content (AvgIpc) is 2.59. The fourth-order valence-electron chi connectivity index (χ4n) is 2.85. The van der Waals surface area contributed by atoms with Crippen molar-refractivity contribution in [3.8, 4) is 0 Å². The molecule has 2 N–H and O–H groups in total. The number of alkyl halides is 1. The van der Waals surface area contributed by atoms with Gasteiger partial charge in [-0.2, -0.15) is 0 Å². The molecule has 5 nitrogen and oxygen atoms in total. The van der Waals surface area contributed by atoms with Crippen LogP contribution in [0.2, 0.25) is 0 Å². The summed E-state index contributed by atoms with van der Waals surface area (Å²) in [5, 5.41) is 18.7. The van der Waals surface area contributed by atoms with E-state index in [-0.39, 0.29) is 28.3 Å². The molecule has 0 unspecified atom stereocenters. The average molecular weight is 405 g/mol. The molecule has 25 heavy (non-hydrogen) atoms. The third-order valence-corrected chi connectivity index (χ3v) is 5.00. The van der Waals surface area contributed by atoms with Crippen LogP contribution in [0.25, 0.3) is 0 Å². The van der Waals surface area contributed by atoms with Crippen LogP contribution < -0.4 is 0 Å². The fourth-order valence-corrected chi connectivity index (χ4v) is 3.70. The largest absolute Gasteiger partial charge is 0.478 e. The molecule has 0 amide bonds. The maximum absolute atomic E-state index is 11.5. The van der Waals surface area contributed by atoms with Gasteiger partial charge in [0.1, 0.15) is 6.29 Å². The lowest BCUT2D eigenvalue weighted by atomic mass is 9.86. The lowest BCUT2D eigenvalue weighted by molar-refractivity contribution is -0.108. The van der Waals surface area contributed by atoms with Gasteiger partial charge in [-0.25, -0.2) is 9.59 Å². The summed E-state index contributed by atoms with van der Waals surface area (Å²) in [6.07, 6.45) is 1.24. The number of hydrogen-bond acceptors (Lipinski definition) is 3. The van der Waals surface area contributed by atoms with Gasteiger partial charge in [0, 0.05) is 17.2 Å². The Morgan fingerprint density at radius 2 is 1.52 bits per heavy atom. The first-order chi connectivity index (χ1) is 12.0. The van der Waals surface area contributed by atoms with Crippen molar-refractivity contribution < 1.29 is 24.6 Å². The second-order valence-corrected chi connectivity index (χ2v) is 6.76. The van der Waals surface area contributed by atoms with Gasteiger partial charge in [0.15, 0.2) is 0 Å². The van der Waals surface area contributed by atoms with E-state index in [2.05, 4.69) is 15.9 Å². The quantitative estimate of drug-likeness (QED) is 0.516. The Morgan fingerprint density at radius 1 is 0.960 bits per heavy atom. The number of rotatable bonds is 8. The van der Waals surface area contributed by atoms with E-state index in [1.807, 2.05) is 0 Å². The van der Waals surface area contributed by atoms with Crippen LogP contribution in [0.1, 0.15) is 44.2 Å². The summed E-state index contributed by atoms with van der Waals surface area (Å²) in [5.41, 5.74) is 1.52. The monoisotopic (exact) mass is 404 g/mol. The molecule has 130 valence electrons. The van der Waals surface area contributed by atoms with Crippen LogP contribution >= 0.6 is 15.9 Å². The predicted molar refractivity (Wildman–Crippen MR) is 96.6 cm³/mol. The molecule has 0 heterocycles. The highest BCUT2D eigenvalue weighted by Gasteiger charge is 2.26. The van der Waals surface area contributed by atoms with Gasteiger partial charge in [0.05, 0.1) is 11.1 Å². The fraction of sp³-hybridized carbons (Fsp3) is 0.211. The molecule has 0 radical (unpaired) electrons. The third kappa shape index (κ3) is 4.54. The van der Waals surface area contributed by atoms with E-state index in [1.165, 1.54) is 12.1 Å². The Morgan fingerprint density at radius 3 is 2.12 bits per heavy atom. The lowest BCUT2D eigenvalue weighted by Gasteiger charge is -2.23. The van der Waals surface area contributed by atoms with E-state index in [1.54, 1.807) is 36.4 Å². The number of carbonyl (C=O) groups excluding carboxylic acids is 1. The van der Waals surface area contributed by atoms with E-state index in [4.69, 9.17) is 0 Å². The van der Waals surface area contributed by atoms with Gasteiger partial charge in [-0.3, -0.25) is 0 Å². The first-order valence-electron chi connectivity index (χ1n) is 7.66. The van der Waals surface area contributed by atoms with E-state index in [0.29, 0.717) is 17.5 Å². The maximum atomic E-state index is 11.5. The number of benzene rings is 2. The van der Waals surface area contributed by atoms with Crippen LogP contribution in [-0.4, -0.2) is 33.3 Å². The number of carboxylic acids is 2. The number of aromatic carboxylic acids is 2. The second-order valence-electron chi connectivity index (χ2n) is 5.58. The zero-order valence-electron chi connectivity index (χ0n) is 13.3. The van der Waals surface area contributed by atoms with Gasteiger partial charge in [-0.1, -0.05) is 52.3 Å². The second kappa shape index (κ2) is 8.58. The standard InChI is InChI=1S/C19H17BrO5/c20-17(11-12-5-1-2-6-13(12)18(22)23)15(9-10-21)14-7-3-4-8-16(14)19(24)25/h1-8,10,15,17H,9,11H2,(H,22,23)(H,24,25)/t15-,17+/m0/s1. The highest BCUT2D eigenvalue weighted by Crippen LogP contribution is 2.33. The zero-order valence-corrected chi connectivity index (χ0v) is 14.8. The highest BCUT2D eigenvalue weighted by atomic mass is 79.9. The van der Waals surface area contributed by atoms with Crippen LogP contribution in [0.4, 0.5) is 0 Å². The summed E-state index contributed by atoms with van der Waals surface area (Å²) in [6, 6.07) is 13.2. The third-order valence-electron chi connectivity index (χ3n) is 4.04. The van der Waals surface area contributed by atoms with E-state index >= 15 is 0 Å². The molecule has 0 saturated heterocycles. The highest BCUT2D eigenvalue weighted by molar-refractivity contribution is 9.09. The summed E-state index contributed by atoms with van der Waals surface area (Å²) in [6.45, 7) is 0. The summed E-state index contributed by atoms with van der Waals surface area (Å²) < 4.78 is 0. The van der Waals surface area contributed by atoms with Gasteiger partial charge < -0.3 is 15.0 Å². The summed E-state index contributed by atoms with van der Waals surface area (Å²) in [4.78, 5) is 33.7. The Balaban J connectivity index is 2.37. The zero-order chi connectivity index (χ0) is 18.4. The number of halogens is 1. The number of hydrogen-bond donors (Lipinski definition) is 2. The van der Waals surface area contributed by atoms with Crippen LogP contribution in [0.3, 0.4) is 0 Å². The normalized spacial score (nSPS) is 13.0. The van der Waals surface area contributed by atoms with E-state index in [9.17, 15) is 24.6 Å². The van der Waals surface area contributed by atoms with Crippen LogP contribution in [0.5, 0.6) is 0 Å². The van der Waals surface area contributed by atoms with Gasteiger partial charge in [-0.05, 0) is 29.7 Å². The molecule has 0 aliphatic carbocycles. The maximum Gasteiger partial charge on any atom is 0.335 e. The van der Waals surface area contributed by atoms with Gasteiger partial charge in [0.25, 0.3) is 0 Å². The van der Waals surface area contributed by atoms with Crippen molar-refractivity contribution in [1.29, 1.82) is 0 Å².